The first-order chi connectivity index (χ1) is 9.48. The first-order valence-electron chi connectivity index (χ1n) is 6.97. The van der Waals surface area contributed by atoms with Crippen molar-refractivity contribution < 1.29 is 19.7 Å². The lowest BCUT2D eigenvalue weighted by Gasteiger charge is -2.50. The first kappa shape index (κ1) is 13.7. The number of rotatable bonds is 4. The second-order valence-corrected chi connectivity index (χ2v) is 6.16. The minimum Gasteiger partial charge on any atom is -0.454 e. The van der Waals surface area contributed by atoms with Gasteiger partial charge in [0.25, 0.3) is 0 Å². The van der Waals surface area contributed by atoms with Gasteiger partial charge in [-0.05, 0) is 24.1 Å². The van der Waals surface area contributed by atoms with Crippen LogP contribution in [0.3, 0.4) is 0 Å². The van der Waals surface area contributed by atoms with E-state index >= 15 is 0 Å². The Labute approximate surface area is 118 Å². The summed E-state index contributed by atoms with van der Waals surface area (Å²) in [5, 5.41) is 23.3. The molecule has 3 unspecified atom stereocenters. The van der Waals surface area contributed by atoms with Crippen molar-refractivity contribution in [3.63, 3.8) is 0 Å². The van der Waals surface area contributed by atoms with Crippen molar-refractivity contribution >= 4 is 0 Å². The Morgan fingerprint density at radius 3 is 2.80 bits per heavy atom. The summed E-state index contributed by atoms with van der Waals surface area (Å²) in [5.41, 5.74) is 0.675. The second kappa shape index (κ2) is 4.91. The van der Waals surface area contributed by atoms with Crippen LogP contribution in [-0.2, 0) is 0 Å². The van der Waals surface area contributed by atoms with Gasteiger partial charge in [-0.2, -0.15) is 0 Å². The van der Waals surface area contributed by atoms with Crippen LogP contribution in [0, 0.1) is 5.41 Å². The van der Waals surface area contributed by atoms with Gasteiger partial charge in [0.05, 0.1) is 12.2 Å². The fraction of sp³-hybridized carbons (Fsp3) is 0.600. The summed E-state index contributed by atoms with van der Waals surface area (Å²) >= 11 is 0. The molecule has 1 aromatic carbocycles. The summed E-state index contributed by atoms with van der Waals surface area (Å²) in [4.78, 5) is 0. The number of aliphatic hydroxyl groups excluding tert-OH is 2. The molecule has 1 heterocycles. The minimum atomic E-state index is -0.599. The molecule has 1 fully saturated rings. The molecular weight excluding hydrogens is 258 g/mol. The van der Waals surface area contributed by atoms with Crippen LogP contribution in [0.4, 0.5) is 0 Å². The number of hydrogen-bond acceptors (Lipinski definition) is 5. The van der Waals surface area contributed by atoms with Crippen molar-refractivity contribution in [3.8, 4) is 11.5 Å². The smallest absolute Gasteiger partial charge is 0.231 e. The Morgan fingerprint density at radius 1 is 1.35 bits per heavy atom. The van der Waals surface area contributed by atoms with Crippen molar-refractivity contribution in [3.05, 3.63) is 23.8 Å². The van der Waals surface area contributed by atoms with Gasteiger partial charge in [0.15, 0.2) is 11.5 Å². The highest BCUT2D eigenvalue weighted by atomic mass is 16.7. The van der Waals surface area contributed by atoms with Gasteiger partial charge < -0.3 is 25.0 Å². The zero-order valence-electron chi connectivity index (χ0n) is 11.8. The third-order valence-electron chi connectivity index (χ3n) is 4.55. The fourth-order valence-electron chi connectivity index (χ4n) is 2.74. The highest BCUT2D eigenvalue weighted by molar-refractivity contribution is 5.45. The van der Waals surface area contributed by atoms with E-state index in [1.165, 1.54) is 0 Å². The molecule has 0 spiro atoms. The predicted octanol–water partition coefficient (Wildman–Crippen LogP) is 1.20. The molecule has 1 aromatic rings. The van der Waals surface area contributed by atoms with Crippen molar-refractivity contribution in [1.29, 1.82) is 0 Å². The summed E-state index contributed by atoms with van der Waals surface area (Å²) in [5.74, 6) is 1.40. The molecule has 0 radical (unpaired) electrons. The van der Waals surface area contributed by atoms with Gasteiger partial charge in [0.1, 0.15) is 0 Å². The Balaban J connectivity index is 1.58. The third kappa shape index (κ3) is 2.26. The lowest BCUT2D eigenvalue weighted by atomic mass is 9.64. The minimum absolute atomic E-state index is 0.130. The number of benzene rings is 1. The summed E-state index contributed by atoms with van der Waals surface area (Å²) < 4.78 is 10.6. The molecule has 20 heavy (non-hydrogen) atoms. The lowest BCUT2D eigenvalue weighted by Crippen LogP contribution is -2.60. The van der Waals surface area contributed by atoms with E-state index in [9.17, 15) is 10.2 Å². The second-order valence-electron chi connectivity index (χ2n) is 6.16. The van der Waals surface area contributed by atoms with Crippen LogP contribution >= 0.6 is 0 Å². The Bertz CT molecular complexity index is 503. The molecule has 0 bridgehead atoms. The van der Waals surface area contributed by atoms with Crippen molar-refractivity contribution in [2.45, 2.75) is 38.5 Å². The topological polar surface area (TPSA) is 71.0 Å². The molecule has 0 amide bonds. The SMILES string of the molecule is CC1(C)C(O)CC1NCC(O)c1ccc2c(c1)OCO2. The highest BCUT2D eigenvalue weighted by Crippen LogP contribution is 2.40. The Morgan fingerprint density at radius 2 is 2.10 bits per heavy atom. The molecule has 5 nitrogen and oxygen atoms in total. The molecule has 1 aliphatic carbocycles. The largest absolute Gasteiger partial charge is 0.454 e. The van der Waals surface area contributed by atoms with Crippen molar-refractivity contribution in [2.75, 3.05) is 13.3 Å². The molecule has 1 aliphatic heterocycles. The molecule has 5 heteroatoms. The van der Waals surface area contributed by atoms with Gasteiger partial charge in [-0.1, -0.05) is 19.9 Å². The van der Waals surface area contributed by atoms with Gasteiger partial charge in [-0.3, -0.25) is 0 Å². The number of aliphatic hydroxyl groups is 2. The van der Waals surface area contributed by atoms with Crippen LogP contribution in [0.2, 0.25) is 0 Å². The van der Waals surface area contributed by atoms with E-state index in [4.69, 9.17) is 9.47 Å². The van der Waals surface area contributed by atoms with Gasteiger partial charge in [-0.25, -0.2) is 0 Å². The van der Waals surface area contributed by atoms with E-state index in [-0.39, 0.29) is 24.4 Å². The standard InChI is InChI=1S/C15H21NO4/c1-15(2)13(6-14(15)18)16-7-10(17)9-3-4-11-12(5-9)20-8-19-11/h3-5,10,13-14,16-18H,6-8H2,1-2H3. The highest BCUT2D eigenvalue weighted by Gasteiger charge is 2.46. The van der Waals surface area contributed by atoms with E-state index in [0.29, 0.717) is 12.3 Å². The number of hydrogen-bond donors (Lipinski definition) is 3. The van der Waals surface area contributed by atoms with Gasteiger partial charge in [-0.15, -0.1) is 0 Å². The van der Waals surface area contributed by atoms with Gasteiger partial charge in [0.2, 0.25) is 6.79 Å². The molecule has 2 aliphatic rings. The Hall–Kier alpha value is -1.30. The van der Waals surface area contributed by atoms with Crippen LogP contribution < -0.4 is 14.8 Å². The van der Waals surface area contributed by atoms with E-state index in [1.54, 1.807) is 0 Å². The zero-order valence-corrected chi connectivity index (χ0v) is 11.8. The molecule has 3 atom stereocenters. The normalized spacial score (nSPS) is 28.0. The molecule has 110 valence electrons. The van der Waals surface area contributed by atoms with Crippen molar-refractivity contribution in [2.24, 2.45) is 5.41 Å². The van der Waals surface area contributed by atoms with E-state index < -0.39 is 6.10 Å². The predicted molar refractivity (Wildman–Crippen MR) is 73.7 cm³/mol. The number of fused-ring (bicyclic) bond motifs is 1. The average molecular weight is 279 g/mol. The lowest BCUT2D eigenvalue weighted by molar-refractivity contribution is -0.0749. The molecule has 3 rings (SSSR count). The fourth-order valence-corrected chi connectivity index (χ4v) is 2.74. The molecule has 3 N–H and O–H groups in total. The molecular formula is C15H21NO4. The van der Waals surface area contributed by atoms with Gasteiger partial charge in [0, 0.05) is 18.0 Å². The maximum atomic E-state index is 10.2. The molecule has 0 aromatic heterocycles. The van der Waals surface area contributed by atoms with E-state index in [0.717, 1.165) is 17.7 Å². The zero-order chi connectivity index (χ0) is 14.3. The third-order valence-corrected chi connectivity index (χ3v) is 4.55. The Kier molecular flexibility index (Phi) is 3.36. The van der Waals surface area contributed by atoms with Crippen LogP contribution in [-0.4, -0.2) is 35.7 Å². The summed E-state index contributed by atoms with van der Waals surface area (Å²) in [6.45, 7) is 4.76. The van der Waals surface area contributed by atoms with Crippen LogP contribution in [0.25, 0.3) is 0 Å². The summed E-state index contributed by atoms with van der Waals surface area (Å²) in [6.07, 6.45) is -0.123. The number of nitrogens with one attached hydrogen (secondary N) is 1. The number of ether oxygens (including phenoxy) is 2. The first-order valence-corrected chi connectivity index (χ1v) is 6.97. The van der Waals surface area contributed by atoms with Crippen LogP contribution in [0.1, 0.15) is 31.9 Å². The van der Waals surface area contributed by atoms with E-state index in [2.05, 4.69) is 5.32 Å². The molecule has 0 saturated heterocycles. The quantitative estimate of drug-likeness (QED) is 0.772. The summed E-state index contributed by atoms with van der Waals surface area (Å²) in [6, 6.07) is 5.72. The monoisotopic (exact) mass is 279 g/mol. The maximum Gasteiger partial charge on any atom is 0.231 e. The summed E-state index contributed by atoms with van der Waals surface area (Å²) in [7, 11) is 0. The van der Waals surface area contributed by atoms with Crippen molar-refractivity contribution in [1.82, 2.24) is 5.32 Å². The molecule has 1 saturated carbocycles. The maximum absolute atomic E-state index is 10.2. The van der Waals surface area contributed by atoms with Gasteiger partial charge >= 0.3 is 0 Å². The van der Waals surface area contributed by atoms with Crippen LogP contribution in [0.5, 0.6) is 11.5 Å². The van der Waals surface area contributed by atoms with Crippen LogP contribution in [0.15, 0.2) is 18.2 Å². The van der Waals surface area contributed by atoms with E-state index in [1.807, 2.05) is 32.0 Å². The average Bonchev–Trinajstić information content (AvgIpc) is 2.90.